The Morgan fingerprint density at radius 2 is 2.18 bits per heavy atom. The molecule has 1 heterocycles. The van der Waals surface area contributed by atoms with Crippen LogP contribution < -0.4 is 4.90 Å². The smallest absolute Gasteiger partial charge is 0.247 e. The van der Waals surface area contributed by atoms with E-state index < -0.39 is 0 Å². The maximum absolute atomic E-state index is 10.9. The molecule has 0 fully saturated rings. The molecule has 0 amide bonds. The van der Waals surface area contributed by atoms with Gasteiger partial charge < -0.3 is 4.90 Å². The Labute approximate surface area is 106 Å². The molecular formula is C12H18N2O2S. The minimum atomic E-state index is -0.283. The number of anilines is 1. The second-order valence-corrected chi connectivity index (χ2v) is 5.65. The minimum Gasteiger partial charge on any atom is -0.370 e. The molecule has 0 unspecified atom stereocenters. The summed E-state index contributed by atoms with van der Waals surface area (Å²) >= 11 is 1.56. The molecule has 0 atom stereocenters. The monoisotopic (exact) mass is 254 g/mol. The minimum absolute atomic E-state index is 0.283. The third-order valence-corrected chi connectivity index (χ3v) is 3.41. The van der Waals surface area contributed by atoms with Crippen LogP contribution in [0.5, 0.6) is 0 Å². The number of nitro groups is 1. The molecule has 4 nitrogen and oxygen atoms in total. The van der Waals surface area contributed by atoms with Crippen molar-refractivity contribution in [2.24, 2.45) is 5.92 Å². The summed E-state index contributed by atoms with van der Waals surface area (Å²) in [6.07, 6.45) is 2.18. The van der Waals surface area contributed by atoms with Gasteiger partial charge in [0, 0.05) is 31.5 Å². The van der Waals surface area contributed by atoms with Crippen LogP contribution in [0.1, 0.15) is 25.1 Å². The van der Waals surface area contributed by atoms with Gasteiger partial charge >= 0.3 is 0 Å². The lowest BCUT2D eigenvalue weighted by Gasteiger charge is -2.06. The van der Waals surface area contributed by atoms with Gasteiger partial charge in [0.25, 0.3) is 0 Å². The van der Waals surface area contributed by atoms with E-state index >= 15 is 0 Å². The maximum Gasteiger partial charge on any atom is 0.247 e. The molecule has 0 aromatic carbocycles. The third kappa shape index (κ3) is 4.19. The van der Waals surface area contributed by atoms with E-state index in [9.17, 15) is 10.1 Å². The van der Waals surface area contributed by atoms with E-state index in [4.69, 9.17) is 0 Å². The number of hydrogen-bond donors (Lipinski definition) is 0. The van der Waals surface area contributed by atoms with Crippen LogP contribution in [0.2, 0.25) is 0 Å². The Morgan fingerprint density at radius 3 is 2.59 bits per heavy atom. The molecule has 5 heteroatoms. The van der Waals surface area contributed by atoms with Crippen molar-refractivity contribution in [1.29, 1.82) is 0 Å². The van der Waals surface area contributed by atoms with Gasteiger partial charge in [-0.15, -0.1) is 11.3 Å². The first-order chi connectivity index (χ1) is 7.90. The van der Waals surface area contributed by atoms with Crippen molar-refractivity contribution in [2.45, 2.75) is 20.3 Å². The van der Waals surface area contributed by atoms with Crippen LogP contribution in [0.4, 0.5) is 5.00 Å². The van der Waals surface area contributed by atoms with E-state index in [2.05, 4.69) is 0 Å². The summed E-state index contributed by atoms with van der Waals surface area (Å²) in [5.74, 6) is 0.292. The number of rotatable bonds is 5. The number of allylic oxidation sites excluding steroid dienone is 1. The van der Waals surface area contributed by atoms with Gasteiger partial charge in [0.1, 0.15) is 0 Å². The first-order valence-corrected chi connectivity index (χ1v) is 6.34. The molecular weight excluding hydrogens is 236 g/mol. The predicted octanol–water partition coefficient (Wildman–Crippen LogP) is 3.48. The van der Waals surface area contributed by atoms with Gasteiger partial charge in [0.05, 0.1) is 9.92 Å². The van der Waals surface area contributed by atoms with Crippen molar-refractivity contribution in [3.8, 4) is 0 Å². The van der Waals surface area contributed by atoms with Crippen molar-refractivity contribution >= 4 is 22.4 Å². The van der Waals surface area contributed by atoms with Crippen LogP contribution in [0, 0.1) is 16.0 Å². The molecule has 0 saturated carbocycles. The highest BCUT2D eigenvalue weighted by atomic mass is 32.1. The van der Waals surface area contributed by atoms with Gasteiger partial charge in [-0.2, -0.15) is 0 Å². The van der Waals surface area contributed by atoms with Crippen LogP contribution in [0.15, 0.2) is 17.8 Å². The van der Waals surface area contributed by atoms with E-state index in [1.165, 1.54) is 0 Å². The highest BCUT2D eigenvalue weighted by Crippen LogP contribution is 2.27. The zero-order valence-electron chi connectivity index (χ0n) is 10.6. The summed E-state index contributed by atoms with van der Waals surface area (Å²) in [5, 5.41) is 12.0. The predicted molar refractivity (Wildman–Crippen MR) is 73.1 cm³/mol. The number of nitrogens with zero attached hydrogens (tertiary/aromatic N) is 2. The highest BCUT2D eigenvalue weighted by Gasteiger charge is 2.13. The fourth-order valence-electron chi connectivity index (χ4n) is 1.43. The fourth-order valence-corrected chi connectivity index (χ4v) is 2.32. The first kappa shape index (κ1) is 13.7. The Balaban J connectivity index is 2.92. The summed E-state index contributed by atoms with van der Waals surface area (Å²) in [5.41, 5.74) is 0.284. The molecule has 0 radical (unpaired) electrons. The summed E-state index contributed by atoms with van der Waals surface area (Å²) < 4.78 is 0. The molecule has 1 rings (SSSR count). The average Bonchev–Trinajstić information content (AvgIpc) is 2.64. The zero-order chi connectivity index (χ0) is 13.0. The van der Waals surface area contributed by atoms with Crippen molar-refractivity contribution < 1.29 is 4.92 Å². The molecule has 0 N–H and O–H groups in total. The van der Waals surface area contributed by atoms with Crippen molar-refractivity contribution in [3.05, 3.63) is 32.8 Å². The van der Waals surface area contributed by atoms with Gasteiger partial charge in [-0.25, -0.2) is 0 Å². The van der Waals surface area contributed by atoms with E-state index in [-0.39, 0.29) is 10.6 Å². The zero-order valence-corrected chi connectivity index (χ0v) is 11.5. The Hall–Kier alpha value is -1.36. The molecule has 0 aliphatic heterocycles. The summed E-state index contributed by atoms with van der Waals surface area (Å²) in [6, 6.07) is 3.90. The Morgan fingerprint density at radius 1 is 1.53 bits per heavy atom. The van der Waals surface area contributed by atoms with Crippen molar-refractivity contribution in [3.63, 3.8) is 0 Å². The molecule has 0 saturated heterocycles. The second kappa shape index (κ2) is 5.82. The lowest BCUT2D eigenvalue weighted by Crippen LogP contribution is -2.05. The largest absolute Gasteiger partial charge is 0.370 e. The molecule has 1 aromatic rings. The first-order valence-electron chi connectivity index (χ1n) is 5.52. The Kier molecular flexibility index (Phi) is 4.69. The topological polar surface area (TPSA) is 46.4 Å². The lowest BCUT2D eigenvalue weighted by atomic mass is 10.1. The fraction of sp³-hybridized carbons (Fsp3) is 0.500. The number of hydrogen-bond acceptors (Lipinski definition) is 4. The molecule has 0 bridgehead atoms. The standard InChI is InChI=1S/C12H18N2O2S/c1-9(2)7-10(14(15)16)8-11-5-6-12(17-11)13(3)4/h5-6,8-9H,7H2,1-4H3. The van der Waals surface area contributed by atoms with Crippen LogP contribution >= 0.6 is 11.3 Å². The highest BCUT2D eigenvalue weighted by molar-refractivity contribution is 7.16. The van der Waals surface area contributed by atoms with Crippen LogP contribution in [-0.4, -0.2) is 19.0 Å². The second-order valence-electron chi connectivity index (χ2n) is 4.56. The Bertz CT molecular complexity index is 422. The van der Waals surface area contributed by atoms with Crippen molar-refractivity contribution in [1.82, 2.24) is 0 Å². The summed E-state index contributed by atoms with van der Waals surface area (Å²) in [6.45, 7) is 3.97. The summed E-state index contributed by atoms with van der Waals surface area (Å²) in [7, 11) is 3.92. The van der Waals surface area contributed by atoms with Crippen LogP contribution in [-0.2, 0) is 0 Å². The lowest BCUT2D eigenvalue weighted by molar-refractivity contribution is -0.427. The van der Waals surface area contributed by atoms with Gasteiger partial charge in [-0.05, 0) is 18.1 Å². The van der Waals surface area contributed by atoms with Crippen LogP contribution in [0.3, 0.4) is 0 Å². The van der Waals surface area contributed by atoms with E-state index in [1.54, 1.807) is 17.4 Å². The third-order valence-electron chi connectivity index (χ3n) is 2.21. The normalized spacial score (nSPS) is 11.9. The van der Waals surface area contributed by atoms with Gasteiger partial charge in [0.15, 0.2) is 0 Å². The SMILES string of the molecule is CC(C)CC(=Cc1ccc(N(C)C)s1)[N+](=O)[O-]. The molecule has 0 spiro atoms. The van der Waals surface area contributed by atoms with Gasteiger partial charge in [-0.1, -0.05) is 13.8 Å². The van der Waals surface area contributed by atoms with Crippen molar-refractivity contribution in [2.75, 3.05) is 19.0 Å². The molecule has 94 valence electrons. The van der Waals surface area contributed by atoms with Gasteiger partial charge in [0.2, 0.25) is 5.70 Å². The average molecular weight is 254 g/mol. The molecule has 0 aliphatic carbocycles. The van der Waals surface area contributed by atoms with E-state index in [0.717, 1.165) is 9.88 Å². The number of thiophene rings is 1. The quantitative estimate of drug-likeness (QED) is 0.597. The molecule has 1 aromatic heterocycles. The van der Waals surface area contributed by atoms with Gasteiger partial charge in [-0.3, -0.25) is 10.1 Å². The van der Waals surface area contributed by atoms with Crippen LogP contribution in [0.25, 0.3) is 6.08 Å². The molecule has 0 aliphatic rings. The maximum atomic E-state index is 10.9. The molecule has 17 heavy (non-hydrogen) atoms. The van der Waals surface area contributed by atoms with E-state index in [1.807, 2.05) is 45.0 Å². The van der Waals surface area contributed by atoms with E-state index in [0.29, 0.717) is 12.3 Å². The summed E-state index contributed by atoms with van der Waals surface area (Å²) in [4.78, 5) is 13.6.